The fraction of sp³-hybridized carbons (Fsp3) is 0.100. The van der Waals surface area contributed by atoms with Crippen molar-refractivity contribution in [1.29, 1.82) is 0 Å². The van der Waals surface area contributed by atoms with Crippen LogP contribution in [0.2, 0.25) is 5.02 Å². The van der Waals surface area contributed by atoms with Crippen molar-refractivity contribution >= 4 is 11.6 Å². The third-order valence-electron chi connectivity index (χ3n) is 1.98. The SMILES string of the molecule is Oc1cnn(Cc2cccc(Cl)c2F)c1. The lowest BCUT2D eigenvalue weighted by molar-refractivity contribution is 0.474. The van der Waals surface area contributed by atoms with Gasteiger partial charge in [0.25, 0.3) is 0 Å². The van der Waals surface area contributed by atoms with Gasteiger partial charge in [0.05, 0.1) is 24.0 Å². The van der Waals surface area contributed by atoms with E-state index < -0.39 is 5.82 Å². The largest absolute Gasteiger partial charge is 0.505 e. The maximum absolute atomic E-state index is 13.5. The van der Waals surface area contributed by atoms with Gasteiger partial charge in [-0.15, -0.1) is 0 Å². The van der Waals surface area contributed by atoms with Gasteiger partial charge in [-0.1, -0.05) is 23.7 Å². The van der Waals surface area contributed by atoms with Crippen LogP contribution in [-0.2, 0) is 6.54 Å². The first kappa shape index (κ1) is 9.98. The van der Waals surface area contributed by atoms with E-state index in [-0.39, 0.29) is 17.3 Å². The average Bonchev–Trinajstić information content (AvgIpc) is 2.59. The predicted octanol–water partition coefficient (Wildman–Crippen LogP) is 2.43. The van der Waals surface area contributed by atoms with Gasteiger partial charge in [-0.3, -0.25) is 4.68 Å². The minimum atomic E-state index is -0.450. The van der Waals surface area contributed by atoms with E-state index >= 15 is 0 Å². The minimum absolute atomic E-state index is 0.0532. The fourth-order valence-electron chi connectivity index (χ4n) is 1.28. The van der Waals surface area contributed by atoms with E-state index in [1.807, 2.05) is 0 Å². The summed E-state index contributed by atoms with van der Waals surface area (Å²) in [5.74, 6) is -0.397. The number of hydrogen-bond donors (Lipinski definition) is 1. The Morgan fingerprint density at radius 3 is 2.93 bits per heavy atom. The Balaban J connectivity index is 2.28. The van der Waals surface area contributed by atoms with Crippen molar-refractivity contribution in [1.82, 2.24) is 9.78 Å². The molecule has 1 aromatic carbocycles. The highest BCUT2D eigenvalue weighted by Crippen LogP contribution is 2.19. The van der Waals surface area contributed by atoms with Crippen LogP contribution in [0.5, 0.6) is 5.75 Å². The molecule has 0 unspecified atom stereocenters. The molecule has 0 aliphatic rings. The topological polar surface area (TPSA) is 38.1 Å². The Bertz CT molecular complexity index is 484. The molecule has 2 rings (SSSR count). The maximum Gasteiger partial charge on any atom is 0.153 e. The van der Waals surface area contributed by atoms with Crippen molar-refractivity contribution in [3.05, 3.63) is 47.0 Å². The smallest absolute Gasteiger partial charge is 0.153 e. The number of nitrogens with zero attached hydrogens (tertiary/aromatic N) is 2. The lowest BCUT2D eigenvalue weighted by Gasteiger charge is -2.04. The third-order valence-corrected chi connectivity index (χ3v) is 2.28. The second-order valence-corrected chi connectivity index (χ2v) is 3.52. The van der Waals surface area contributed by atoms with Crippen LogP contribution in [0.25, 0.3) is 0 Å². The van der Waals surface area contributed by atoms with Gasteiger partial charge in [-0.05, 0) is 6.07 Å². The zero-order valence-electron chi connectivity index (χ0n) is 7.69. The van der Waals surface area contributed by atoms with Crippen molar-refractivity contribution in [3.8, 4) is 5.75 Å². The molecule has 1 N–H and O–H groups in total. The van der Waals surface area contributed by atoms with E-state index in [0.29, 0.717) is 5.56 Å². The van der Waals surface area contributed by atoms with Crippen LogP contribution in [0.1, 0.15) is 5.56 Å². The summed E-state index contributed by atoms with van der Waals surface area (Å²) in [7, 11) is 0. The first-order valence-electron chi connectivity index (χ1n) is 4.31. The molecule has 0 radical (unpaired) electrons. The van der Waals surface area contributed by atoms with Gasteiger partial charge in [0.2, 0.25) is 0 Å². The number of halogens is 2. The Morgan fingerprint density at radius 1 is 1.47 bits per heavy atom. The number of aromatic hydroxyl groups is 1. The Kier molecular flexibility index (Phi) is 2.60. The summed E-state index contributed by atoms with van der Waals surface area (Å²) < 4.78 is 14.9. The number of aromatic nitrogens is 2. The van der Waals surface area contributed by atoms with E-state index in [0.717, 1.165) is 0 Å². The molecular formula is C10H8ClFN2O. The van der Waals surface area contributed by atoms with Gasteiger partial charge in [-0.25, -0.2) is 4.39 Å². The molecule has 0 saturated heterocycles. The van der Waals surface area contributed by atoms with Crippen molar-refractivity contribution < 1.29 is 9.50 Å². The van der Waals surface area contributed by atoms with Gasteiger partial charge in [0.1, 0.15) is 5.82 Å². The van der Waals surface area contributed by atoms with Crippen molar-refractivity contribution in [3.63, 3.8) is 0 Å². The highest BCUT2D eigenvalue weighted by atomic mass is 35.5. The predicted molar refractivity (Wildman–Crippen MR) is 54.4 cm³/mol. The van der Waals surface area contributed by atoms with Crippen LogP contribution in [0.4, 0.5) is 4.39 Å². The summed E-state index contributed by atoms with van der Waals surface area (Å²) in [6.45, 7) is 0.243. The van der Waals surface area contributed by atoms with Crippen molar-refractivity contribution in [2.45, 2.75) is 6.54 Å². The Hall–Kier alpha value is -1.55. The van der Waals surface area contributed by atoms with Gasteiger partial charge in [-0.2, -0.15) is 5.10 Å². The number of hydrogen-bond acceptors (Lipinski definition) is 2. The highest BCUT2D eigenvalue weighted by molar-refractivity contribution is 6.30. The molecule has 0 aliphatic heterocycles. The number of rotatable bonds is 2. The van der Waals surface area contributed by atoms with Gasteiger partial charge in [0.15, 0.2) is 5.75 Å². The van der Waals surface area contributed by atoms with Crippen LogP contribution in [0.15, 0.2) is 30.6 Å². The van der Waals surface area contributed by atoms with Crippen molar-refractivity contribution in [2.75, 3.05) is 0 Å². The van der Waals surface area contributed by atoms with E-state index in [1.54, 1.807) is 12.1 Å². The molecule has 0 amide bonds. The molecule has 0 bridgehead atoms. The molecule has 0 aliphatic carbocycles. The lowest BCUT2D eigenvalue weighted by Crippen LogP contribution is -2.02. The van der Waals surface area contributed by atoms with Crippen LogP contribution < -0.4 is 0 Å². The Morgan fingerprint density at radius 2 is 2.27 bits per heavy atom. The number of benzene rings is 1. The molecular weight excluding hydrogens is 219 g/mol. The van der Waals surface area contributed by atoms with Gasteiger partial charge in [0, 0.05) is 5.56 Å². The molecule has 0 fully saturated rings. The second kappa shape index (κ2) is 3.90. The fourth-order valence-corrected chi connectivity index (χ4v) is 1.48. The van der Waals surface area contributed by atoms with Gasteiger partial charge >= 0.3 is 0 Å². The zero-order valence-corrected chi connectivity index (χ0v) is 8.45. The first-order valence-corrected chi connectivity index (χ1v) is 4.69. The monoisotopic (exact) mass is 226 g/mol. The molecule has 1 aromatic heterocycles. The first-order chi connectivity index (χ1) is 7.16. The van der Waals surface area contributed by atoms with E-state index in [9.17, 15) is 4.39 Å². The van der Waals surface area contributed by atoms with Gasteiger partial charge < -0.3 is 5.11 Å². The summed E-state index contributed by atoms with van der Waals surface area (Å²) in [6.07, 6.45) is 2.71. The maximum atomic E-state index is 13.5. The molecule has 0 atom stereocenters. The average molecular weight is 227 g/mol. The highest BCUT2D eigenvalue weighted by Gasteiger charge is 2.07. The van der Waals surface area contributed by atoms with E-state index in [4.69, 9.17) is 16.7 Å². The summed E-state index contributed by atoms with van der Waals surface area (Å²) in [6, 6.07) is 4.78. The summed E-state index contributed by atoms with van der Waals surface area (Å²) in [5.41, 5.74) is 0.436. The van der Waals surface area contributed by atoms with Crippen LogP contribution >= 0.6 is 11.6 Å². The molecule has 5 heteroatoms. The molecule has 15 heavy (non-hydrogen) atoms. The summed E-state index contributed by atoms with van der Waals surface area (Å²) in [5, 5.41) is 13.0. The summed E-state index contributed by atoms with van der Waals surface area (Å²) >= 11 is 5.63. The lowest BCUT2D eigenvalue weighted by atomic mass is 10.2. The molecule has 2 aromatic rings. The molecule has 0 saturated carbocycles. The molecule has 0 spiro atoms. The van der Waals surface area contributed by atoms with Crippen LogP contribution in [0.3, 0.4) is 0 Å². The zero-order chi connectivity index (χ0) is 10.8. The van der Waals surface area contributed by atoms with Crippen LogP contribution in [-0.4, -0.2) is 14.9 Å². The molecule has 1 heterocycles. The normalized spacial score (nSPS) is 10.5. The van der Waals surface area contributed by atoms with E-state index in [2.05, 4.69) is 5.10 Å². The summed E-state index contributed by atoms with van der Waals surface area (Å²) in [4.78, 5) is 0. The van der Waals surface area contributed by atoms with Crippen LogP contribution in [0, 0.1) is 5.82 Å². The minimum Gasteiger partial charge on any atom is -0.505 e. The Labute approximate surface area is 90.7 Å². The quantitative estimate of drug-likeness (QED) is 0.854. The molecule has 78 valence electrons. The second-order valence-electron chi connectivity index (χ2n) is 3.11. The standard InChI is InChI=1S/C10H8ClFN2O/c11-9-3-1-2-7(10(9)12)5-14-6-8(15)4-13-14/h1-4,6,15H,5H2. The van der Waals surface area contributed by atoms with Crippen molar-refractivity contribution in [2.24, 2.45) is 0 Å². The third kappa shape index (κ3) is 2.10. The van der Waals surface area contributed by atoms with E-state index in [1.165, 1.54) is 23.1 Å². The molecule has 3 nitrogen and oxygen atoms in total.